The molecule has 1 atom stereocenters. The fourth-order valence-electron chi connectivity index (χ4n) is 0.501. The molecule has 1 aliphatic heterocycles. The van der Waals surface area contributed by atoms with E-state index in [0.717, 1.165) is 19.9 Å². The fourth-order valence-corrected chi connectivity index (χ4v) is 4.85. The van der Waals surface area contributed by atoms with E-state index in [1.807, 2.05) is 0 Å². The predicted molar refractivity (Wildman–Crippen MR) is 34.3 cm³/mol. The number of quaternary nitrogens is 1. The van der Waals surface area contributed by atoms with Gasteiger partial charge in [0.1, 0.15) is 0 Å². The van der Waals surface area contributed by atoms with Gasteiger partial charge < -0.3 is 0 Å². The molecule has 0 bridgehead atoms. The second-order valence-corrected chi connectivity index (χ2v) is 6.31. The summed E-state index contributed by atoms with van der Waals surface area (Å²) in [4.78, 5) is 0. The molecule has 0 aromatic rings. The van der Waals surface area contributed by atoms with Crippen molar-refractivity contribution in [3.63, 3.8) is 0 Å². The third-order valence-corrected chi connectivity index (χ3v) is 5.65. The second-order valence-electron chi connectivity index (χ2n) is 1.76. The summed E-state index contributed by atoms with van der Waals surface area (Å²) in [6.07, 6.45) is 1.35. The average Bonchev–Trinajstić information content (AvgIpc) is 1.69. The Bertz CT molecular complexity index is 53.7. The van der Waals surface area contributed by atoms with Crippen molar-refractivity contribution >= 4 is 24.0 Å². The van der Waals surface area contributed by atoms with E-state index in [2.05, 4.69) is 15.9 Å². The van der Waals surface area contributed by atoms with Gasteiger partial charge in [-0.05, 0) is 0 Å². The topological polar surface area (TPSA) is 27.6 Å². The van der Waals surface area contributed by atoms with E-state index in [1.165, 1.54) is 17.5 Å². The molecule has 1 heterocycles. The van der Waals surface area contributed by atoms with Crippen LogP contribution in [0.25, 0.3) is 0 Å². The molecule has 1 fully saturated rings. The Labute approximate surface area is 53.6 Å². The molecule has 0 spiro atoms. The minimum absolute atomic E-state index is 0.793. The van der Waals surface area contributed by atoms with E-state index in [9.17, 15) is 0 Å². The molecular weight excluding hydrogens is 173 g/mol. The molecule has 1 saturated heterocycles. The first-order valence-corrected chi connectivity index (χ1v) is 6.69. The third kappa shape index (κ3) is 2.04. The van der Waals surface area contributed by atoms with Crippen LogP contribution in [0.15, 0.2) is 0 Å². The van der Waals surface area contributed by atoms with E-state index < -0.39 is 0 Å². The summed E-state index contributed by atoms with van der Waals surface area (Å²) in [6, 6.07) is 0.793. The monoisotopic (exact) mass is 184 g/mol. The normalized spacial score (nSPS) is 33.0. The Morgan fingerprint density at radius 2 is 2.57 bits per heavy atom. The zero-order chi connectivity index (χ0) is 5.11. The fraction of sp³-hybridized carbons (Fsp3) is 1.00. The van der Waals surface area contributed by atoms with Gasteiger partial charge in [0.25, 0.3) is 0 Å². The molecule has 0 radical (unpaired) electrons. The number of hydrogen-bond acceptors (Lipinski definition) is 1. The van der Waals surface area contributed by atoms with Crippen LogP contribution in [0.2, 0.25) is 5.32 Å². The first kappa shape index (κ1) is 5.96. The molecule has 1 rings (SSSR count). The zero-order valence-electron chi connectivity index (χ0n) is 4.22. The Kier molecular flexibility index (Phi) is 2.53. The van der Waals surface area contributed by atoms with E-state index in [4.69, 9.17) is 0 Å². The predicted octanol–water partition coefficient (Wildman–Crippen LogP) is -0.229. The zero-order valence-corrected chi connectivity index (χ0v) is 6.75. The summed E-state index contributed by atoms with van der Waals surface area (Å²) in [5.41, 5.74) is 4.00. The second kappa shape index (κ2) is 2.98. The summed E-state index contributed by atoms with van der Waals surface area (Å²) < 4.78 is 0. The maximum absolute atomic E-state index is 4.00. The van der Waals surface area contributed by atoms with Crippen LogP contribution in [0.5, 0.6) is 0 Å². The first-order valence-electron chi connectivity index (χ1n) is 2.47. The van der Waals surface area contributed by atoms with Crippen LogP contribution in [-0.2, 0) is 0 Å². The molecule has 0 aromatic heterocycles. The molecule has 0 aromatic carbocycles. The van der Waals surface area contributed by atoms with Crippen molar-refractivity contribution in [3.8, 4) is 0 Å². The standard InChI is InChI=1S/C4H9NSSe/c5-4-1-2-6-7-3-4/h4H,1-3,5H2/p+1/t4-/m0/s1. The summed E-state index contributed by atoms with van der Waals surface area (Å²) >= 11 is 0.880. The molecular formula is C4H10NSSe+. The van der Waals surface area contributed by atoms with Crippen molar-refractivity contribution in [1.29, 1.82) is 0 Å². The van der Waals surface area contributed by atoms with Gasteiger partial charge in [-0.15, -0.1) is 0 Å². The van der Waals surface area contributed by atoms with Crippen molar-refractivity contribution in [2.24, 2.45) is 0 Å². The van der Waals surface area contributed by atoms with E-state index in [1.54, 1.807) is 0 Å². The number of rotatable bonds is 0. The van der Waals surface area contributed by atoms with Gasteiger partial charge in [-0.3, -0.25) is 0 Å². The molecule has 7 heavy (non-hydrogen) atoms. The molecule has 1 nitrogen and oxygen atoms in total. The minimum atomic E-state index is 0.793. The van der Waals surface area contributed by atoms with Gasteiger partial charge in [-0.25, -0.2) is 0 Å². The first-order chi connectivity index (χ1) is 3.39. The summed E-state index contributed by atoms with van der Waals surface area (Å²) in [6.45, 7) is 0. The molecule has 42 valence electrons. The van der Waals surface area contributed by atoms with Gasteiger partial charge in [0.15, 0.2) is 0 Å². The molecule has 1 aliphatic rings. The van der Waals surface area contributed by atoms with Crippen LogP contribution in [0.1, 0.15) is 6.42 Å². The van der Waals surface area contributed by atoms with Crippen molar-refractivity contribution in [3.05, 3.63) is 0 Å². The van der Waals surface area contributed by atoms with Gasteiger partial charge in [0.05, 0.1) is 0 Å². The SMILES string of the molecule is [NH3+][C@H]1CCS[Se]C1. The van der Waals surface area contributed by atoms with E-state index in [-0.39, 0.29) is 0 Å². The number of hydrogen-bond donors (Lipinski definition) is 1. The Morgan fingerprint density at radius 3 is 2.86 bits per heavy atom. The molecule has 0 unspecified atom stereocenters. The Morgan fingerprint density at radius 1 is 1.71 bits per heavy atom. The summed E-state index contributed by atoms with van der Waals surface area (Å²) in [7, 11) is 2.12. The molecule has 0 aliphatic carbocycles. The van der Waals surface area contributed by atoms with Gasteiger partial charge in [-0.2, -0.15) is 0 Å². The summed E-state index contributed by atoms with van der Waals surface area (Å²) in [5, 5.41) is 1.40. The molecule has 0 amide bonds. The van der Waals surface area contributed by atoms with Crippen LogP contribution >= 0.6 is 10.2 Å². The summed E-state index contributed by atoms with van der Waals surface area (Å²) in [5.74, 6) is 1.37. The van der Waals surface area contributed by atoms with Crippen molar-refractivity contribution in [2.75, 3.05) is 5.75 Å². The molecule has 0 saturated carbocycles. The average molecular weight is 183 g/mol. The maximum atomic E-state index is 4.00. The molecule has 3 N–H and O–H groups in total. The van der Waals surface area contributed by atoms with Gasteiger partial charge in [0, 0.05) is 0 Å². The van der Waals surface area contributed by atoms with Crippen LogP contribution < -0.4 is 5.73 Å². The third-order valence-electron chi connectivity index (χ3n) is 0.997. The van der Waals surface area contributed by atoms with Crippen LogP contribution in [0.3, 0.4) is 0 Å². The van der Waals surface area contributed by atoms with E-state index >= 15 is 0 Å². The van der Waals surface area contributed by atoms with Crippen molar-refractivity contribution in [1.82, 2.24) is 0 Å². The van der Waals surface area contributed by atoms with Crippen molar-refractivity contribution < 1.29 is 5.73 Å². The van der Waals surface area contributed by atoms with E-state index in [0.29, 0.717) is 0 Å². The van der Waals surface area contributed by atoms with Crippen LogP contribution in [-0.4, -0.2) is 25.6 Å². The van der Waals surface area contributed by atoms with Crippen molar-refractivity contribution in [2.45, 2.75) is 17.8 Å². The van der Waals surface area contributed by atoms with Crippen LogP contribution in [0, 0.1) is 0 Å². The van der Waals surface area contributed by atoms with Gasteiger partial charge in [-0.1, -0.05) is 0 Å². The Balaban J connectivity index is 2.12. The van der Waals surface area contributed by atoms with Gasteiger partial charge >= 0.3 is 53.3 Å². The quantitative estimate of drug-likeness (QED) is 0.516. The molecule has 3 heteroatoms. The Hall–Kier alpha value is 0.829. The van der Waals surface area contributed by atoms with Crippen LogP contribution in [0.4, 0.5) is 0 Å². The van der Waals surface area contributed by atoms with Gasteiger partial charge in [0.2, 0.25) is 0 Å².